The van der Waals surface area contributed by atoms with Crippen LogP contribution in [0.5, 0.6) is 0 Å². The lowest BCUT2D eigenvalue weighted by atomic mass is 9.95. The first kappa shape index (κ1) is 28.5. The Morgan fingerprint density at radius 2 is 0.894 bits per heavy atom. The van der Waals surface area contributed by atoms with Gasteiger partial charge in [-0.15, -0.1) is 0 Å². The number of pyridine rings is 2. The van der Waals surface area contributed by atoms with Gasteiger partial charge >= 0.3 is 0 Å². The Labute approximate surface area is 274 Å². The number of benzene rings is 5. The van der Waals surface area contributed by atoms with Gasteiger partial charge in [0.25, 0.3) is 0 Å². The van der Waals surface area contributed by atoms with Crippen molar-refractivity contribution in [1.29, 1.82) is 0 Å². The summed E-state index contributed by atoms with van der Waals surface area (Å²) in [4.78, 5) is 20.6. The number of hydrogen-bond donors (Lipinski definition) is 0. The summed E-state index contributed by atoms with van der Waals surface area (Å²) in [7, 11) is 0. The zero-order valence-corrected chi connectivity index (χ0v) is 26.3. The largest absolute Gasteiger partial charge is 0.245 e. The van der Waals surface area contributed by atoms with Gasteiger partial charge in [0.05, 0.1) is 33.8 Å². The maximum absolute atomic E-state index is 5.28. The maximum atomic E-state index is 5.28. The van der Waals surface area contributed by atoms with Crippen LogP contribution < -0.4 is 0 Å². The third-order valence-corrected chi connectivity index (χ3v) is 8.67. The van der Waals surface area contributed by atoms with Crippen LogP contribution in [0.15, 0.2) is 152 Å². The molecule has 3 heterocycles. The zero-order valence-electron chi connectivity index (χ0n) is 26.3. The smallest absolute Gasteiger partial charge is 0.160 e. The highest BCUT2D eigenvalue weighted by Gasteiger charge is 2.16. The Bertz CT molecular complexity index is 2350. The van der Waals surface area contributed by atoms with E-state index in [1.807, 2.05) is 36.4 Å². The average molecular weight is 605 g/mol. The molecule has 0 saturated carbocycles. The number of nitrogens with zero attached hydrogens (tertiary/aromatic N) is 4. The van der Waals surface area contributed by atoms with E-state index in [1.165, 1.54) is 11.1 Å². The summed E-state index contributed by atoms with van der Waals surface area (Å²) in [6.45, 7) is 4.47. The van der Waals surface area contributed by atoms with Crippen LogP contribution in [0, 0.1) is 0 Å². The molecule has 0 N–H and O–H groups in total. The van der Waals surface area contributed by atoms with Crippen molar-refractivity contribution in [2.24, 2.45) is 0 Å². The Kier molecular flexibility index (Phi) is 7.31. The molecule has 0 aliphatic heterocycles. The van der Waals surface area contributed by atoms with Gasteiger partial charge in [-0.1, -0.05) is 147 Å². The topological polar surface area (TPSA) is 51.6 Å². The molecule has 0 bridgehead atoms. The minimum absolute atomic E-state index is 0.328. The summed E-state index contributed by atoms with van der Waals surface area (Å²) in [6, 6.07) is 52.3. The molecule has 0 fully saturated rings. The van der Waals surface area contributed by atoms with Crippen LogP contribution in [0.2, 0.25) is 0 Å². The summed E-state index contributed by atoms with van der Waals surface area (Å²) >= 11 is 0. The van der Waals surface area contributed by atoms with Crippen molar-refractivity contribution in [3.05, 3.63) is 157 Å². The molecule has 0 spiro atoms. The molecule has 0 unspecified atom stereocenters. The van der Waals surface area contributed by atoms with E-state index in [2.05, 4.69) is 129 Å². The summed E-state index contributed by atoms with van der Waals surface area (Å²) in [5.41, 5.74) is 11.8. The van der Waals surface area contributed by atoms with Crippen LogP contribution in [-0.4, -0.2) is 19.9 Å². The molecule has 47 heavy (non-hydrogen) atoms. The fraction of sp³-hybridized carbons (Fsp3) is 0.0698. The summed E-state index contributed by atoms with van der Waals surface area (Å²) in [5.74, 6) is 0.988. The minimum atomic E-state index is 0.328. The lowest BCUT2D eigenvalue weighted by Gasteiger charge is -2.15. The van der Waals surface area contributed by atoms with Gasteiger partial charge in [0.1, 0.15) is 0 Å². The maximum Gasteiger partial charge on any atom is 0.160 e. The monoisotopic (exact) mass is 604 g/mol. The second-order valence-electron chi connectivity index (χ2n) is 12.1. The second kappa shape index (κ2) is 12.1. The highest BCUT2D eigenvalue weighted by atomic mass is 14.9. The van der Waals surface area contributed by atoms with Crippen molar-refractivity contribution < 1.29 is 0 Å². The van der Waals surface area contributed by atoms with Crippen molar-refractivity contribution in [3.63, 3.8) is 0 Å². The molecule has 4 heteroatoms. The Morgan fingerprint density at radius 1 is 0.383 bits per heavy atom. The van der Waals surface area contributed by atoms with Crippen molar-refractivity contribution in [1.82, 2.24) is 19.9 Å². The van der Waals surface area contributed by atoms with Gasteiger partial charge in [0, 0.05) is 27.5 Å². The molecule has 0 atom stereocenters. The van der Waals surface area contributed by atoms with Gasteiger partial charge in [0.2, 0.25) is 0 Å². The van der Waals surface area contributed by atoms with E-state index in [0.717, 1.165) is 66.8 Å². The SMILES string of the molecule is CC(C)c1cc(-c2ccccc2)nc2c1ccc1ccc(-c3cc(-c4ccccc4)nc(-c4ccc(-c5ccccc5)cc4)n3)nc12. The molecule has 0 aliphatic carbocycles. The highest BCUT2D eigenvalue weighted by Crippen LogP contribution is 2.35. The van der Waals surface area contributed by atoms with Crippen molar-refractivity contribution >= 4 is 21.8 Å². The van der Waals surface area contributed by atoms with Crippen LogP contribution in [0.3, 0.4) is 0 Å². The lowest BCUT2D eigenvalue weighted by molar-refractivity contribution is 0.875. The van der Waals surface area contributed by atoms with E-state index in [4.69, 9.17) is 19.9 Å². The van der Waals surface area contributed by atoms with Gasteiger partial charge in [-0.3, -0.25) is 0 Å². The normalized spacial score (nSPS) is 11.4. The minimum Gasteiger partial charge on any atom is -0.245 e. The van der Waals surface area contributed by atoms with E-state index in [0.29, 0.717) is 11.7 Å². The molecule has 8 rings (SSSR count). The predicted molar refractivity (Wildman–Crippen MR) is 194 cm³/mol. The number of aromatic nitrogens is 4. The Hall–Kier alpha value is -6.00. The average Bonchev–Trinajstić information content (AvgIpc) is 3.15. The van der Waals surface area contributed by atoms with Crippen LogP contribution >= 0.6 is 0 Å². The lowest BCUT2D eigenvalue weighted by Crippen LogP contribution is -1.99. The van der Waals surface area contributed by atoms with Gasteiger partial charge in [-0.2, -0.15) is 0 Å². The highest BCUT2D eigenvalue weighted by molar-refractivity contribution is 6.05. The van der Waals surface area contributed by atoms with Crippen LogP contribution in [0.1, 0.15) is 25.3 Å². The quantitative estimate of drug-likeness (QED) is 0.177. The van der Waals surface area contributed by atoms with Gasteiger partial charge in [-0.05, 0) is 40.8 Å². The van der Waals surface area contributed by atoms with E-state index < -0.39 is 0 Å². The number of rotatable bonds is 6. The molecule has 0 amide bonds. The number of hydrogen-bond acceptors (Lipinski definition) is 4. The molecule has 5 aromatic carbocycles. The van der Waals surface area contributed by atoms with Gasteiger partial charge in [-0.25, -0.2) is 19.9 Å². The Balaban J connectivity index is 1.30. The molecule has 8 aromatic rings. The molecule has 0 saturated heterocycles. The first-order valence-electron chi connectivity index (χ1n) is 16.0. The van der Waals surface area contributed by atoms with Gasteiger partial charge in [0.15, 0.2) is 5.82 Å². The van der Waals surface area contributed by atoms with Crippen LogP contribution in [0.25, 0.3) is 78.2 Å². The Morgan fingerprint density at radius 3 is 1.53 bits per heavy atom. The predicted octanol–water partition coefficient (Wildman–Crippen LogP) is 11.0. The second-order valence-corrected chi connectivity index (χ2v) is 12.1. The van der Waals surface area contributed by atoms with E-state index >= 15 is 0 Å². The molecular formula is C43H32N4. The van der Waals surface area contributed by atoms with E-state index in [9.17, 15) is 0 Å². The molecule has 3 aromatic heterocycles. The molecular weight excluding hydrogens is 573 g/mol. The van der Waals surface area contributed by atoms with E-state index in [-0.39, 0.29) is 0 Å². The molecule has 0 radical (unpaired) electrons. The van der Waals surface area contributed by atoms with Crippen LogP contribution in [-0.2, 0) is 0 Å². The van der Waals surface area contributed by atoms with E-state index in [1.54, 1.807) is 0 Å². The standard InChI is InChI=1S/C43H32N4/c1-28(2)36-26-38(31-14-8-4-9-15-31)45-42-35(36)24-22-33-23-25-37(44-41(33)42)40-27-39(32-16-10-5-11-17-32)46-43(47-40)34-20-18-30(19-21-34)29-12-6-3-7-13-29/h3-28H,1-2H3. The van der Waals surface area contributed by atoms with Crippen molar-refractivity contribution in [2.75, 3.05) is 0 Å². The first-order valence-corrected chi connectivity index (χ1v) is 16.0. The molecule has 0 aliphatic rings. The number of fused-ring (bicyclic) bond motifs is 3. The zero-order chi connectivity index (χ0) is 31.7. The van der Waals surface area contributed by atoms with Crippen molar-refractivity contribution in [3.8, 4) is 56.4 Å². The molecule has 4 nitrogen and oxygen atoms in total. The third-order valence-electron chi connectivity index (χ3n) is 8.67. The summed E-state index contributed by atoms with van der Waals surface area (Å²) in [5, 5.41) is 2.17. The van der Waals surface area contributed by atoms with Crippen LogP contribution in [0.4, 0.5) is 0 Å². The summed E-state index contributed by atoms with van der Waals surface area (Å²) in [6.07, 6.45) is 0. The fourth-order valence-corrected chi connectivity index (χ4v) is 6.18. The first-order chi connectivity index (χ1) is 23.1. The fourth-order valence-electron chi connectivity index (χ4n) is 6.18. The molecule has 224 valence electrons. The van der Waals surface area contributed by atoms with Gasteiger partial charge < -0.3 is 0 Å². The summed E-state index contributed by atoms with van der Waals surface area (Å²) < 4.78 is 0. The third kappa shape index (κ3) is 5.55. The van der Waals surface area contributed by atoms with Crippen molar-refractivity contribution in [2.45, 2.75) is 19.8 Å².